The van der Waals surface area contributed by atoms with Gasteiger partial charge in [0.1, 0.15) is 0 Å². The quantitative estimate of drug-likeness (QED) is 0.737. The third-order valence-corrected chi connectivity index (χ3v) is 8.93. The van der Waals surface area contributed by atoms with Gasteiger partial charge in [0.05, 0.1) is 26.9 Å². The molecule has 6 atom stereocenters. The molecule has 0 radical (unpaired) electrons. The van der Waals surface area contributed by atoms with Gasteiger partial charge in [0.2, 0.25) is 0 Å². The van der Waals surface area contributed by atoms with Crippen molar-refractivity contribution < 1.29 is 14.2 Å². The van der Waals surface area contributed by atoms with Crippen molar-refractivity contribution >= 4 is 5.69 Å². The lowest BCUT2D eigenvalue weighted by Gasteiger charge is -2.59. The molecule has 6 aliphatic rings. The molecule has 4 fully saturated rings. The number of fused-ring (bicyclic) bond motifs is 2. The van der Waals surface area contributed by atoms with Crippen LogP contribution in [0.5, 0.6) is 11.5 Å². The summed E-state index contributed by atoms with van der Waals surface area (Å²) < 4.78 is 17.9. The van der Waals surface area contributed by atoms with Gasteiger partial charge >= 0.3 is 0 Å². The summed E-state index contributed by atoms with van der Waals surface area (Å²) in [7, 11) is 3.51. The van der Waals surface area contributed by atoms with Gasteiger partial charge in [0.15, 0.2) is 11.5 Å². The van der Waals surface area contributed by atoms with Crippen LogP contribution in [0.15, 0.2) is 23.8 Å². The Kier molecular flexibility index (Phi) is 3.02. The molecule has 0 aromatic heterocycles. The SMILES string of the molecule is COc1cc2c(cc1OC)[C@]13CCN4CC5=CCO[C@@H]6CCN2[C@@H]1[C@@H]6[C@@H]5C[C@@H]43. The van der Waals surface area contributed by atoms with Crippen molar-refractivity contribution in [3.8, 4) is 11.5 Å². The highest BCUT2D eigenvalue weighted by Crippen LogP contribution is 2.66. The Morgan fingerprint density at radius 3 is 2.86 bits per heavy atom. The largest absolute Gasteiger partial charge is 0.493 e. The summed E-state index contributed by atoms with van der Waals surface area (Å²) in [5, 5.41) is 0. The van der Waals surface area contributed by atoms with Gasteiger partial charge in [-0.3, -0.25) is 4.90 Å². The fourth-order valence-corrected chi connectivity index (χ4v) is 8.04. The summed E-state index contributed by atoms with van der Waals surface area (Å²) in [5.74, 6) is 3.05. The predicted molar refractivity (Wildman–Crippen MR) is 106 cm³/mol. The zero-order valence-corrected chi connectivity index (χ0v) is 16.7. The number of hydrogen-bond acceptors (Lipinski definition) is 5. The first kappa shape index (κ1) is 16.1. The van der Waals surface area contributed by atoms with E-state index in [1.807, 2.05) is 0 Å². The van der Waals surface area contributed by atoms with Crippen molar-refractivity contribution in [3.05, 3.63) is 29.3 Å². The van der Waals surface area contributed by atoms with E-state index in [9.17, 15) is 0 Å². The molecule has 1 spiro atoms. The third kappa shape index (κ3) is 1.65. The number of nitrogens with zero attached hydrogens (tertiary/aromatic N) is 2. The van der Waals surface area contributed by atoms with E-state index in [-0.39, 0.29) is 5.41 Å². The molecule has 2 bridgehead atoms. The molecular formula is C23H28N2O3. The second-order valence-corrected chi connectivity index (χ2v) is 9.50. The summed E-state index contributed by atoms with van der Waals surface area (Å²) in [5.41, 5.74) is 4.78. The fourth-order valence-electron chi connectivity index (χ4n) is 8.04. The molecule has 1 saturated carbocycles. The van der Waals surface area contributed by atoms with Gasteiger partial charge < -0.3 is 19.1 Å². The van der Waals surface area contributed by atoms with E-state index in [1.165, 1.54) is 30.6 Å². The molecule has 0 unspecified atom stereocenters. The number of benzene rings is 1. The Morgan fingerprint density at radius 2 is 2.00 bits per heavy atom. The van der Waals surface area contributed by atoms with Crippen molar-refractivity contribution in [1.29, 1.82) is 0 Å². The van der Waals surface area contributed by atoms with Crippen molar-refractivity contribution in [1.82, 2.24) is 4.90 Å². The molecule has 148 valence electrons. The topological polar surface area (TPSA) is 34.2 Å². The van der Waals surface area contributed by atoms with Crippen LogP contribution in [0.2, 0.25) is 0 Å². The molecule has 7 rings (SSSR count). The number of ether oxygens (including phenoxy) is 3. The highest BCUT2D eigenvalue weighted by atomic mass is 16.5. The predicted octanol–water partition coefficient (Wildman–Crippen LogP) is 2.58. The van der Waals surface area contributed by atoms with Gasteiger partial charge in [-0.15, -0.1) is 0 Å². The first-order chi connectivity index (χ1) is 13.8. The van der Waals surface area contributed by atoms with E-state index < -0.39 is 0 Å². The first-order valence-electron chi connectivity index (χ1n) is 10.8. The Labute approximate surface area is 166 Å². The summed E-state index contributed by atoms with van der Waals surface area (Å²) in [6.07, 6.45) is 6.52. The van der Waals surface area contributed by atoms with Crippen LogP contribution in [0.25, 0.3) is 0 Å². The van der Waals surface area contributed by atoms with Crippen molar-refractivity contribution in [2.24, 2.45) is 11.8 Å². The summed E-state index contributed by atoms with van der Waals surface area (Å²) in [6.45, 7) is 4.26. The van der Waals surface area contributed by atoms with Gasteiger partial charge in [-0.2, -0.15) is 0 Å². The summed E-state index contributed by atoms with van der Waals surface area (Å²) in [4.78, 5) is 5.51. The van der Waals surface area contributed by atoms with Crippen LogP contribution >= 0.6 is 0 Å². The first-order valence-corrected chi connectivity index (χ1v) is 10.8. The van der Waals surface area contributed by atoms with Crippen molar-refractivity contribution in [3.63, 3.8) is 0 Å². The highest BCUT2D eigenvalue weighted by molar-refractivity contribution is 5.72. The second kappa shape index (κ2) is 5.25. The van der Waals surface area contributed by atoms with Gasteiger partial charge in [-0.05, 0) is 43.4 Å². The van der Waals surface area contributed by atoms with Crippen LogP contribution in [-0.4, -0.2) is 63.5 Å². The monoisotopic (exact) mass is 380 g/mol. The summed E-state index contributed by atoms with van der Waals surface area (Å²) in [6, 6.07) is 5.76. The van der Waals surface area contributed by atoms with Gasteiger partial charge in [0.25, 0.3) is 0 Å². The molecule has 1 aliphatic carbocycles. The average Bonchev–Trinajstić information content (AvgIpc) is 3.18. The second-order valence-electron chi connectivity index (χ2n) is 9.50. The maximum absolute atomic E-state index is 6.44. The van der Waals surface area contributed by atoms with Crippen LogP contribution in [0.4, 0.5) is 5.69 Å². The molecule has 0 N–H and O–H groups in total. The number of methoxy groups -OCH3 is 2. The minimum atomic E-state index is 0.216. The fraction of sp³-hybridized carbons (Fsp3) is 0.652. The standard InChI is InChI=1S/C23H28N2O3/c1-26-18-10-15-16(11-19(18)27-2)25-6-3-17-21-14-9-20-23(15,22(21)25)5-7-24(20)12-13(14)4-8-28-17/h4,10-11,14,17,20-22H,3,5-9,12H2,1-2H3/t14-,17-,20-,21-,22-,23+/m1/s1. The van der Waals surface area contributed by atoms with E-state index in [0.29, 0.717) is 30.0 Å². The molecule has 0 amide bonds. The Bertz CT molecular complexity index is 898. The van der Waals surface area contributed by atoms with E-state index >= 15 is 0 Å². The zero-order valence-electron chi connectivity index (χ0n) is 16.7. The van der Waals surface area contributed by atoms with Gasteiger partial charge in [0, 0.05) is 48.3 Å². The lowest BCUT2D eigenvalue weighted by Crippen LogP contribution is -2.68. The maximum Gasteiger partial charge on any atom is 0.162 e. The Hall–Kier alpha value is -1.72. The van der Waals surface area contributed by atoms with Gasteiger partial charge in [-0.25, -0.2) is 0 Å². The Balaban J connectivity index is 1.50. The van der Waals surface area contributed by atoms with Crippen molar-refractivity contribution in [2.45, 2.75) is 42.9 Å². The van der Waals surface area contributed by atoms with Crippen LogP contribution < -0.4 is 14.4 Å². The smallest absolute Gasteiger partial charge is 0.162 e. The molecule has 28 heavy (non-hydrogen) atoms. The lowest BCUT2D eigenvalue weighted by molar-refractivity contribution is -0.0566. The zero-order chi connectivity index (χ0) is 18.6. The summed E-state index contributed by atoms with van der Waals surface area (Å²) >= 11 is 0. The molecule has 5 nitrogen and oxygen atoms in total. The highest BCUT2D eigenvalue weighted by Gasteiger charge is 2.69. The van der Waals surface area contributed by atoms with E-state index in [0.717, 1.165) is 37.6 Å². The minimum Gasteiger partial charge on any atom is -0.493 e. The van der Waals surface area contributed by atoms with Crippen LogP contribution in [0.3, 0.4) is 0 Å². The number of piperidine rings is 2. The molecule has 5 aliphatic heterocycles. The number of anilines is 1. The molecular weight excluding hydrogens is 352 g/mol. The van der Waals surface area contributed by atoms with E-state index in [2.05, 4.69) is 28.0 Å². The lowest BCUT2D eigenvalue weighted by atomic mass is 9.53. The maximum atomic E-state index is 6.44. The van der Waals surface area contributed by atoms with Crippen molar-refractivity contribution in [2.75, 3.05) is 45.4 Å². The molecule has 5 heterocycles. The third-order valence-electron chi connectivity index (χ3n) is 8.93. The normalized spacial score (nSPS) is 42.0. The Morgan fingerprint density at radius 1 is 1.14 bits per heavy atom. The molecule has 1 aromatic carbocycles. The molecule has 3 saturated heterocycles. The van der Waals surface area contributed by atoms with Gasteiger partial charge in [-0.1, -0.05) is 11.6 Å². The van der Waals surface area contributed by atoms with Crippen LogP contribution in [0, 0.1) is 11.8 Å². The molecule has 5 heteroatoms. The number of rotatable bonds is 2. The average molecular weight is 380 g/mol. The van der Waals surface area contributed by atoms with E-state index in [4.69, 9.17) is 14.2 Å². The number of hydrogen-bond donors (Lipinski definition) is 0. The van der Waals surface area contributed by atoms with Crippen LogP contribution in [-0.2, 0) is 10.2 Å². The van der Waals surface area contributed by atoms with E-state index in [1.54, 1.807) is 19.8 Å². The van der Waals surface area contributed by atoms with Crippen LogP contribution in [0.1, 0.15) is 24.8 Å². The molecule has 1 aromatic rings. The minimum absolute atomic E-state index is 0.216.